The molecule has 0 saturated carbocycles. The maximum absolute atomic E-state index is 13.4. The summed E-state index contributed by atoms with van der Waals surface area (Å²) in [5, 5.41) is 3.07. The number of hydrogen-bond donors (Lipinski definition) is 1. The summed E-state index contributed by atoms with van der Waals surface area (Å²) in [6.45, 7) is 6.24. The van der Waals surface area contributed by atoms with Gasteiger partial charge in [0.05, 0.1) is 5.56 Å². The van der Waals surface area contributed by atoms with Crippen LogP contribution in [0.4, 0.5) is 17.6 Å². The second kappa shape index (κ2) is 7.07. The van der Waals surface area contributed by atoms with E-state index >= 15 is 0 Å². The van der Waals surface area contributed by atoms with Crippen LogP contribution >= 0.6 is 0 Å². The highest BCUT2D eigenvalue weighted by atomic mass is 19.4. The van der Waals surface area contributed by atoms with E-state index in [-0.39, 0.29) is 11.5 Å². The predicted octanol–water partition coefficient (Wildman–Crippen LogP) is 4.93. The summed E-state index contributed by atoms with van der Waals surface area (Å²) in [6, 6.07) is 2.22. The molecule has 0 heterocycles. The van der Waals surface area contributed by atoms with Crippen molar-refractivity contribution in [3.63, 3.8) is 0 Å². The molecule has 0 fully saturated rings. The van der Waals surface area contributed by atoms with E-state index in [0.29, 0.717) is 6.54 Å². The van der Waals surface area contributed by atoms with Crippen LogP contribution in [0, 0.1) is 11.7 Å². The van der Waals surface area contributed by atoms with Crippen LogP contribution in [-0.2, 0) is 6.18 Å². The lowest BCUT2D eigenvalue weighted by Gasteiger charge is -2.29. The zero-order valence-electron chi connectivity index (χ0n) is 12.0. The average Bonchev–Trinajstić information content (AvgIpc) is 2.37. The first-order chi connectivity index (χ1) is 9.35. The SMILES string of the molecule is CCNC(c1cc(F)ccc1C(F)(F)F)C(CC)CC. The van der Waals surface area contributed by atoms with Crippen LogP contribution in [0.25, 0.3) is 0 Å². The number of benzene rings is 1. The quantitative estimate of drug-likeness (QED) is 0.733. The molecule has 1 rings (SSSR count). The van der Waals surface area contributed by atoms with Gasteiger partial charge in [0.15, 0.2) is 0 Å². The number of halogens is 4. The van der Waals surface area contributed by atoms with Gasteiger partial charge >= 0.3 is 6.18 Å². The Hall–Kier alpha value is -1.10. The van der Waals surface area contributed by atoms with E-state index in [1.165, 1.54) is 0 Å². The lowest BCUT2D eigenvalue weighted by atomic mass is 9.86. The van der Waals surface area contributed by atoms with E-state index in [1.807, 2.05) is 20.8 Å². The van der Waals surface area contributed by atoms with Gasteiger partial charge < -0.3 is 5.32 Å². The van der Waals surface area contributed by atoms with Crippen molar-refractivity contribution in [2.75, 3.05) is 6.54 Å². The summed E-state index contributed by atoms with van der Waals surface area (Å²) in [7, 11) is 0. The summed E-state index contributed by atoms with van der Waals surface area (Å²) < 4.78 is 52.7. The molecular weight excluding hydrogens is 270 g/mol. The van der Waals surface area contributed by atoms with Gasteiger partial charge in [0.25, 0.3) is 0 Å². The molecule has 0 spiro atoms. The fourth-order valence-corrected chi connectivity index (χ4v) is 2.56. The number of nitrogens with one attached hydrogen (secondary N) is 1. The van der Waals surface area contributed by atoms with Gasteiger partial charge in [0.1, 0.15) is 5.82 Å². The molecule has 0 radical (unpaired) electrons. The molecule has 20 heavy (non-hydrogen) atoms. The lowest BCUT2D eigenvalue weighted by Crippen LogP contribution is -2.30. The number of hydrogen-bond acceptors (Lipinski definition) is 1. The zero-order valence-corrected chi connectivity index (χ0v) is 12.0. The van der Waals surface area contributed by atoms with Crippen molar-refractivity contribution in [1.82, 2.24) is 5.32 Å². The molecule has 0 bridgehead atoms. The van der Waals surface area contributed by atoms with Crippen LogP contribution < -0.4 is 5.32 Å². The molecule has 1 nitrogen and oxygen atoms in total. The maximum atomic E-state index is 13.4. The van der Waals surface area contributed by atoms with Crippen molar-refractivity contribution in [1.29, 1.82) is 0 Å². The van der Waals surface area contributed by atoms with Gasteiger partial charge in [-0.25, -0.2) is 4.39 Å². The first-order valence-corrected chi connectivity index (χ1v) is 6.95. The Balaban J connectivity index is 3.34. The Labute approximate surface area is 117 Å². The molecular formula is C15H21F4N. The fourth-order valence-electron chi connectivity index (χ4n) is 2.56. The number of alkyl halides is 3. The van der Waals surface area contributed by atoms with Crippen molar-refractivity contribution >= 4 is 0 Å². The molecule has 1 aromatic rings. The van der Waals surface area contributed by atoms with Gasteiger partial charge in [-0.2, -0.15) is 13.2 Å². The Morgan fingerprint density at radius 3 is 2.15 bits per heavy atom. The van der Waals surface area contributed by atoms with E-state index in [2.05, 4.69) is 5.32 Å². The monoisotopic (exact) mass is 291 g/mol. The van der Waals surface area contributed by atoms with Crippen LogP contribution in [-0.4, -0.2) is 6.54 Å². The summed E-state index contributed by atoms with van der Waals surface area (Å²) in [4.78, 5) is 0. The molecule has 0 saturated heterocycles. The van der Waals surface area contributed by atoms with E-state index in [0.717, 1.165) is 31.0 Å². The third kappa shape index (κ3) is 3.95. The highest BCUT2D eigenvalue weighted by Crippen LogP contribution is 2.38. The third-order valence-electron chi connectivity index (χ3n) is 3.60. The summed E-state index contributed by atoms with van der Waals surface area (Å²) in [5.41, 5.74) is -0.746. The van der Waals surface area contributed by atoms with E-state index in [4.69, 9.17) is 0 Å². The largest absolute Gasteiger partial charge is 0.416 e. The van der Waals surface area contributed by atoms with E-state index < -0.39 is 23.6 Å². The van der Waals surface area contributed by atoms with Crippen molar-refractivity contribution in [3.05, 3.63) is 35.1 Å². The second-order valence-corrected chi connectivity index (χ2v) is 4.84. The van der Waals surface area contributed by atoms with Crippen LogP contribution in [0.15, 0.2) is 18.2 Å². The molecule has 1 N–H and O–H groups in total. The maximum Gasteiger partial charge on any atom is 0.416 e. The van der Waals surface area contributed by atoms with Crippen molar-refractivity contribution in [2.24, 2.45) is 5.92 Å². The fraction of sp³-hybridized carbons (Fsp3) is 0.600. The van der Waals surface area contributed by atoms with Crippen molar-refractivity contribution in [2.45, 2.75) is 45.8 Å². The smallest absolute Gasteiger partial charge is 0.310 e. The van der Waals surface area contributed by atoms with Crippen molar-refractivity contribution in [3.8, 4) is 0 Å². The molecule has 1 aromatic carbocycles. The van der Waals surface area contributed by atoms with Gasteiger partial charge in [0, 0.05) is 6.04 Å². The van der Waals surface area contributed by atoms with Crippen LogP contribution in [0.3, 0.4) is 0 Å². The van der Waals surface area contributed by atoms with E-state index in [1.54, 1.807) is 0 Å². The summed E-state index contributed by atoms with van der Waals surface area (Å²) in [5.74, 6) is -0.597. The van der Waals surface area contributed by atoms with Gasteiger partial charge in [0.2, 0.25) is 0 Å². The van der Waals surface area contributed by atoms with Gasteiger partial charge in [-0.15, -0.1) is 0 Å². The molecule has 0 amide bonds. The third-order valence-corrected chi connectivity index (χ3v) is 3.60. The first kappa shape index (κ1) is 17.0. The molecule has 0 aliphatic heterocycles. The molecule has 0 aromatic heterocycles. The summed E-state index contributed by atoms with van der Waals surface area (Å²) >= 11 is 0. The predicted molar refractivity (Wildman–Crippen MR) is 71.9 cm³/mol. The highest BCUT2D eigenvalue weighted by Gasteiger charge is 2.36. The molecule has 1 atom stereocenters. The Bertz CT molecular complexity index is 424. The normalized spacial score (nSPS) is 13.8. The minimum Gasteiger partial charge on any atom is -0.310 e. The minimum absolute atomic E-state index is 0.00745. The van der Waals surface area contributed by atoms with Gasteiger partial charge in [-0.3, -0.25) is 0 Å². The molecule has 114 valence electrons. The van der Waals surface area contributed by atoms with Crippen LogP contribution in [0.5, 0.6) is 0 Å². The Kier molecular flexibility index (Phi) is 5.99. The molecule has 5 heteroatoms. The standard InChI is InChI=1S/C15H21F4N/c1-4-10(5-2)14(20-6-3)12-9-11(16)7-8-13(12)15(17,18)19/h7-10,14,20H,4-6H2,1-3H3. The molecule has 0 aliphatic rings. The van der Waals surface area contributed by atoms with Crippen LogP contribution in [0.2, 0.25) is 0 Å². The minimum atomic E-state index is -4.47. The Morgan fingerprint density at radius 2 is 1.70 bits per heavy atom. The van der Waals surface area contributed by atoms with Gasteiger partial charge in [-0.1, -0.05) is 33.6 Å². The second-order valence-electron chi connectivity index (χ2n) is 4.84. The zero-order chi connectivity index (χ0) is 15.3. The Morgan fingerprint density at radius 1 is 1.10 bits per heavy atom. The van der Waals surface area contributed by atoms with Gasteiger partial charge in [-0.05, 0) is 36.2 Å². The highest BCUT2D eigenvalue weighted by molar-refractivity contribution is 5.33. The van der Waals surface area contributed by atoms with E-state index in [9.17, 15) is 17.6 Å². The van der Waals surface area contributed by atoms with Crippen LogP contribution in [0.1, 0.15) is 50.8 Å². The summed E-state index contributed by atoms with van der Waals surface area (Å²) in [6.07, 6.45) is -2.99. The topological polar surface area (TPSA) is 12.0 Å². The number of rotatable bonds is 6. The lowest BCUT2D eigenvalue weighted by molar-refractivity contribution is -0.138. The molecule has 0 aliphatic carbocycles. The average molecular weight is 291 g/mol. The molecule has 1 unspecified atom stereocenters. The first-order valence-electron chi connectivity index (χ1n) is 6.95. The van der Waals surface area contributed by atoms with Crippen molar-refractivity contribution < 1.29 is 17.6 Å².